The first-order valence-corrected chi connectivity index (χ1v) is 21.2. The number of ether oxygens (including phenoxy) is 1. The Morgan fingerprint density at radius 3 is 2.43 bits per heavy atom. The molecule has 0 radical (unpaired) electrons. The van der Waals surface area contributed by atoms with E-state index in [-0.39, 0.29) is 35.6 Å². The smallest absolute Gasteiger partial charge is 0.328 e. The van der Waals surface area contributed by atoms with Crippen LogP contribution in [0.3, 0.4) is 0 Å². The summed E-state index contributed by atoms with van der Waals surface area (Å²) in [5, 5.41) is 22.5. The van der Waals surface area contributed by atoms with Gasteiger partial charge in [-0.1, -0.05) is 24.3 Å². The highest BCUT2D eigenvalue weighted by Gasteiger charge is 2.32. The number of carbonyl (C=O) groups is 3. The minimum Gasteiger partial charge on any atom is -0.507 e. The molecule has 4 saturated heterocycles. The fraction of sp³-hybridized carbons (Fsp3) is 0.413. The van der Waals surface area contributed by atoms with Gasteiger partial charge >= 0.3 is 6.03 Å². The number of benzene rings is 3. The average Bonchev–Trinajstić information content (AvgIpc) is 3.70. The van der Waals surface area contributed by atoms with Crippen molar-refractivity contribution in [3.63, 3.8) is 0 Å². The Morgan fingerprint density at radius 1 is 0.900 bits per heavy atom. The molecule has 4 amide bonds. The maximum Gasteiger partial charge on any atom is 0.328 e. The molecule has 9 rings (SSSR count). The predicted octanol–water partition coefficient (Wildman–Crippen LogP) is 6.03. The molecule has 0 spiro atoms. The van der Waals surface area contributed by atoms with Crippen molar-refractivity contribution in [1.82, 2.24) is 29.9 Å². The second-order valence-electron chi connectivity index (χ2n) is 16.8. The van der Waals surface area contributed by atoms with Crippen molar-refractivity contribution in [2.75, 3.05) is 75.0 Å². The second kappa shape index (κ2) is 16.9. The molecule has 4 aliphatic heterocycles. The van der Waals surface area contributed by atoms with Crippen LogP contribution in [0.1, 0.15) is 66.4 Å². The lowest BCUT2D eigenvalue weighted by Crippen LogP contribution is -2.49. The number of hydrogen-bond donors (Lipinski definition) is 3. The van der Waals surface area contributed by atoms with Crippen LogP contribution >= 0.6 is 0 Å². The van der Waals surface area contributed by atoms with Crippen LogP contribution in [0.5, 0.6) is 5.75 Å². The van der Waals surface area contributed by atoms with Crippen molar-refractivity contribution >= 4 is 45.9 Å². The summed E-state index contributed by atoms with van der Waals surface area (Å²) in [5.74, 6) is 1.04. The molecule has 3 aromatic carbocycles. The molecule has 2 atom stereocenters. The average molecular weight is 812 g/mol. The lowest BCUT2D eigenvalue weighted by Gasteiger charge is -2.39. The molecule has 4 N–H and O–H groups in total. The number of aromatic nitrogens is 3. The van der Waals surface area contributed by atoms with E-state index in [1.54, 1.807) is 24.1 Å². The summed E-state index contributed by atoms with van der Waals surface area (Å²) < 4.78 is 8.27. The van der Waals surface area contributed by atoms with Crippen LogP contribution in [-0.4, -0.2) is 113 Å². The number of likely N-dealkylation sites (tertiary alicyclic amines) is 2. The minimum absolute atomic E-state index is 0.0268. The molecule has 14 heteroatoms. The molecule has 0 aliphatic carbocycles. The van der Waals surface area contributed by atoms with Crippen molar-refractivity contribution < 1.29 is 24.2 Å². The Bertz CT molecular complexity index is 2370. The van der Waals surface area contributed by atoms with Gasteiger partial charge in [-0.25, -0.2) is 4.79 Å². The number of piperidine rings is 3. The van der Waals surface area contributed by atoms with Gasteiger partial charge < -0.3 is 34.8 Å². The normalized spacial score (nSPS) is 21.1. The topological polar surface area (TPSA) is 162 Å². The van der Waals surface area contributed by atoms with Crippen molar-refractivity contribution in [3.8, 4) is 17.0 Å². The SMILES string of the molecule is COC1CC(c2ccc(C(=O)N3CCC(CN4CCC(n5ccc6cc(N7CCC(=O)NC7=O)ccc65)CC4)CC3)cc2)CN(c2cc(-c3ccccc3O)nnc2N)C1. The number of amides is 4. The first-order valence-electron chi connectivity index (χ1n) is 21.2. The number of fused-ring (bicyclic) bond motifs is 1. The summed E-state index contributed by atoms with van der Waals surface area (Å²) in [6.45, 7) is 6.44. The number of rotatable bonds is 9. The van der Waals surface area contributed by atoms with E-state index >= 15 is 0 Å². The van der Waals surface area contributed by atoms with E-state index in [0.717, 1.165) is 87.2 Å². The molecule has 60 heavy (non-hydrogen) atoms. The number of nitrogen functional groups attached to an aromatic ring is 1. The Hall–Kier alpha value is -5.99. The van der Waals surface area contributed by atoms with Crippen LogP contribution in [0.4, 0.5) is 22.0 Å². The highest BCUT2D eigenvalue weighted by Crippen LogP contribution is 2.37. The Morgan fingerprint density at radius 2 is 1.68 bits per heavy atom. The Balaban J connectivity index is 0.763. The third-order valence-corrected chi connectivity index (χ3v) is 13.1. The summed E-state index contributed by atoms with van der Waals surface area (Å²) in [7, 11) is 1.73. The number of aromatic hydroxyl groups is 1. The number of nitrogens with zero attached hydrogens (tertiary/aromatic N) is 7. The number of nitrogens with one attached hydrogen (secondary N) is 1. The van der Waals surface area contributed by atoms with Gasteiger partial charge in [-0.15, -0.1) is 10.2 Å². The van der Waals surface area contributed by atoms with Crippen LogP contribution in [-0.2, 0) is 9.53 Å². The van der Waals surface area contributed by atoms with Gasteiger partial charge in [0.1, 0.15) is 5.75 Å². The highest BCUT2D eigenvalue weighted by molar-refractivity contribution is 6.06. The maximum atomic E-state index is 13.7. The van der Waals surface area contributed by atoms with Gasteiger partial charge in [0.2, 0.25) is 5.91 Å². The monoisotopic (exact) mass is 811 g/mol. The Labute approximate surface area is 349 Å². The number of phenols is 1. The molecule has 2 aromatic heterocycles. The zero-order valence-corrected chi connectivity index (χ0v) is 34.1. The molecule has 5 aromatic rings. The van der Waals surface area contributed by atoms with Gasteiger partial charge in [-0.2, -0.15) is 0 Å². The molecular formula is C46H53N9O5. The first kappa shape index (κ1) is 39.5. The van der Waals surface area contributed by atoms with Crippen LogP contribution < -0.4 is 20.9 Å². The fourth-order valence-electron chi connectivity index (χ4n) is 9.72. The Kier molecular flexibility index (Phi) is 11.1. The zero-order chi connectivity index (χ0) is 41.3. The molecular weight excluding hydrogens is 759 g/mol. The third kappa shape index (κ3) is 8.13. The van der Waals surface area contributed by atoms with E-state index in [4.69, 9.17) is 10.5 Å². The third-order valence-electron chi connectivity index (χ3n) is 13.1. The van der Waals surface area contributed by atoms with Gasteiger partial charge in [-0.05, 0) is 98.2 Å². The van der Waals surface area contributed by atoms with Gasteiger partial charge in [0, 0.05) is 112 Å². The van der Waals surface area contributed by atoms with Gasteiger partial charge in [0.05, 0.1) is 17.5 Å². The van der Waals surface area contributed by atoms with Crippen molar-refractivity contribution in [3.05, 3.63) is 96.2 Å². The molecule has 14 nitrogen and oxygen atoms in total. The summed E-state index contributed by atoms with van der Waals surface area (Å²) in [6, 6.07) is 25.4. The number of carbonyl (C=O) groups excluding carboxylic acids is 3. The van der Waals surface area contributed by atoms with Crippen LogP contribution in [0.15, 0.2) is 85.1 Å². The molecule has 6 heterocycles. The second-order valence-corrected chi connectivity index (χ2v) is 16.8. The number of phenolic OH excluding ortho intramolecular Hbond substituents is 1. The number of anilines is 3. The molecule has 4 fully saturated rings. The largest absolute Gasteiger partial charge is 0.507 e. The van der Waals surface area contributed by atoms with E-state index in [9.17, 15) is 19.5 Å². The molecule has 4 aliphatic rings. The van der Waals surface area contributed by atoms with Crippen molar-refractivity contribution in [2.24, 2.45) is 5.92 Å². The molecule has 0 bridgehead atoms. The number of hydrogen-bond acceptors (Lipinski definition) is 10. The molecule has 312 valence electrons. The van der Waals surface area contributed by atoms with Crippen LogP contribution in [0.2, 0.25) is 0 Å². The lowest BCUT2D eigenvalue weighted by molar-refractivity contribution is -0.120. The lowest BCUT2D eigenvalue weighted by atomic mass is 9.88. The quantitative estimate of drug-likeness (QED) is 0.160. The number of imide groups is 1. The van der Waals surface area contributed by atoms with Crippen molar-refractivity contribution in [1.29, 1.82) is 0 Å². The molecule has 2 unspecified atom stereocenters. The van der Waals surface area contributed by atoms with Crippen LogP contribution in [0.25, 0.3) is 22.2 Å². The number of methoxy groups -OCH3 is 1. The summed E-state index contributed by atoms with van der Waals surface area (Å²) in [6.07, 6.45) is 7.46. The van der Waals surface area contributed by atoms with E-state index in [2.05, 4.69) is 60.3 Å². The fourth-order valence-corrected chi connectivity index (χ4v) is 9.72. The summed E-state index contributed by atoms with van der Waals surface area (Å²) in [5.41, 5.74) is 12.1. The van der Waals surface area contributed by atoms with Crippen molar-refractivity contribution in [2.45, 2.75) is 56.6 Å². The molecule has 0 saturated carbocycles. The van der Waals surface area contributed by atoms with Gasteiger partial charge in [0.15, 0.2) is 5.82 Å². The standard InChI is InChI=1S/C46H53N9O5/c1-60-37-25-34(28-53(29-37)41-26-39(49-50-44(41)47)38-4-2-3-5-42(38)56)31-6-8-32(9-7-31)45(58)52-20-12-30(13-21-52)27-51-18-15-35(16-19-51)54-22-14-33-24-36(10-11-40(33)54)55-23-17-43(57)48-46(55)59/h2-11,14,22,24,26,30,34-35,37,56H,12-13,15-21,23,25,27-29H2,1H3,(H2,47,50)(H,48,57,59). The number of para-hydroxylation sites is 1. The van der Waals surface area contributed by atoms with Gasteiger partial charge in [-0.3, -0.25) is 19.8 Å². The zero-order valence-electron chi connectivity index (χ0n) is 34.1. The highest BCUT2D eigenvalue weighted by atomic mass is 16.5. The van der Waals surface area contributed by atoms with E-state index in [1.807, 2.05) is 47.4 Å². The van der Waals surface area contributed by atoms with Gasteiger partial charge in [0.25, 0.3) is 5.91 Å². The van der Waals surface area contributed by atoms with E-state index in [0.29, 0.717) is 60.7 Å². The predicted molar refractivity (Wildman–Crippen MR) is 231 cm³/mol. The number of nitrogens with two attached hydrogens (primary N) is 1. The maximum absolute atomic E-state index is 13.7. The van der Waals surface area contributed by atoms with E-state index < -0.39 is 0 Å². The summed E-state index contributed by atoms with van der Waals surface area (Å²) >= 11 is 0. The first-order chi connectivity index (χ1) is 29.2. The van der Waals surface area contributed by atoms with Crippen LogP contribution in [0, 0.1) is 5.92 Å². The summed E-state index contributed by atoms with van der Waals surface area (Å²) in [4.78, 5) is 46.1. The number of urea groups is 1. The van der Waals surface area contributed by atoms with E-state index in [1.165, 1.54) is 5.52 Å². The minimum atomic E-state index is -0.361.